The van der Waals surface area contributed by atoms with Gasteiger partial charge < -0.3 is 15.4 Å². The molecule has 0 aliphatic heterocycles. The number of hydrogen-bond donors (Lipinski definition) is 2. The van der Waals surface area contributed by atoms with Crippen molar-refractivity contribution in [3.63, 3.8) is 0 Å². The fourth-order valence-electron chi connectivity index (χ4n) is 1.86. The topological polar surface area (TPSA) is 67.4 Å². The Labute approximate surface area is 133 Å². The summed E-state index contributed by atoms with van der Waals surface area (Å²) >= 11 is 0. The van der Waals surface area contributed by atoms with Gasteiger partial charge in [-0.3, -0.25) is 9.59 Å². The monoisotopic (exact) mass is 316 g/mol. The summed E-state index contributed by atoms with van der Waals surface area (Å²) in [5, 5.41) is 5.21. The molecule has 0 aromatic heterocycles. The molecule has 2 rings (SSSR count). The third-order valence-corrected chi connectivity index (χ3v) is 3.14. The van der Waals surface area contributed by atoms with Crippen LogP contribution in [0.25, 0.3) is 0 Å². The van der Waals surface area contributed by atoms with Crippen molar-refractivity contribution in [2.45, 2.75) is 13.0 Å². The number of anilines is 1. The van der Waals surface area contributed by atoms with E-state index in [0.29, 0.717) is 17.0 Å². The maximum Gasteiger partial charge on any atom is 0.265 e. The summed E-state index contributed by atoms with van der Waals surface area (Å²) in [6, 6.07) is 11.9. The summed E-state index contributed by atoms with van der Waals surface area (Å²) in [5.41, 5.74) is 1.05. The zero-order valence-electron chi connectivity index (χ0n) is 12.8. The van der Waals surface area contributed by atoms with Gasteiger partial charge in [0.1, 0.15) is 11.6 Å². The van der Waals surface area contributed by atoms with E-state index >= 15 is 0 Å². The van der Waals surface area contributed by atoms with Gasteiger partial charge in [0.05, 0.1) is 0 Å². The van der Waals surface area contributed by atoms with Crippen LogP contribution in [0, 0.1) is 5.82 Å². The molecule has 120 valence electrons. The van der Waals surface area contributed by atoms with Gasteiger partial charge in [-0.2, -0.15) is 0 Å². The van der Waals surface area contributed by atoms with Crippen LogP contribution in [0.1, 0.15) is 17.3 Å². The zero-order chi connectivity index (χ0) is 16.8. The maximum absolute atomic E-state index is 12.8. The molecule has 0 unspecified atom stereocenters. The van der Waals surface area contributed by atoms with Gasteiger partial charge in [0, 0.05) is 18.3 Å². The molecule has 23 heavy (non-hydrogen) atoms. The quantitative estimate of drug-likeness (QED) is 0.891. The molecule has 2 aromatic carbocycles. The number of ether oxygens (including phenoxy) is 1. The largest absolute Gasteiger partial charge is 0.481 e. The first-order valence-electron chi connectivity index (χ1n) is 7.05. The van der Waals surface area contributed by atoms with Crippen molar-refractivity contribution in [3.05, 3.63) is 59.9 Å². The Bertz CT molecular complexity index is 684. The first-order valence-corrected chi connectivity index (χ1v) is 7.05. The molecule has 1 atom stereocenters. The minimum atomic E-state index is -0.751. The van der Waals surface area contributed by atoms with Crippen LogP contribution in [0.4, 0.5) is 10.1 Å². The zero-order valence-corrected chi connectivity index (χ0v) is 12.8. The molecule has 0 heterocycles. The lowest BCUT2D eigenvalue weighted by atomic mass is 10.2. The molecule has 0 saturated carbocycles. The van der Waals surface area contributed by atoms with Gasteiger partial charge >= 0.3 is 0 Å². The third kappa shape index (κ3) is 4.54. The molecule has 0 fully saturated rings. The molecule has 0 aliphatic carbocycles. The van der Waals surface area contributed by atoms with E-state index in [1.54, 1.807) is 38.2 Å². The molecule has 0 aliphatic rings. The van der Waals surface area contributed by atoms with Gasteiger partial charge in [-0.1, -0.05) is 0 Å². The van der Waals surface area contributed by atoms with E-state index < -0.39 is 6.10 Å². The van der Waals surface area contributed by atoms with Crippen molar-refractivity contribution >= 4 is 17.5 Å². The summed E-state index contributed by atoms with van der Waals surface area (Å²) in [6.45, 7) is 1.59. The average Bonchev–Trinajstić information content (AvgIpc) is 2.56. The SMILES string of the molecule is CNC(=O)c1ccc(NC(=O)[C@H](C)Oc2ccc(F)cc2)cc1. The van der Waals surface area contributed by atoms with E-state index in [-0.39, 0.29) is 17.6 Å². The number of halogens is 1. The highest BCUT2D eigenvalue weighted by Gasteiger charge is 2.15. The van der Waals surface area contributed by atoms with Crippen molar-refractivity contribution < 1.29 is 18.7 Å². The highest BCUT2D eigenvalue weighted by molar-refractivity contribution is 5.96. The number of carbonyl (C=O) groups excluding carboxylic acids is 2. The van der Waals surface area contributed by atoms with E-state index in [4.69, 9.17) is 4.74 Å². The Kier molecular flexibility index (Phi) is 5.30. The highest BCUT2D eigenvalue weighted by Crippen LogP contribution is 2.15. The second kappa shape index (κ2) is 7.40. The minimum Gasteiger partial charge on any atom is -0.481 e. The van der Waals surface area contributed by atoms with Crippen LogP contribution >= 0.6 is 0 Å². The van der Waals surface area contributed by atoms with Crippen LogP contribution in [-0.2, 0) is 4.79 Å². The van der Waals surface area contributed by atoms with E-state index in [1.165, 1.54) is 24.3 Å². The van der Waals surface area contributed by atoms with Crippen LogP contribution < -0.4 is 15.4 Å². The fraction of sp³-hybridized carbons (Fsp3) is 0.176. The lowest BCUT2D eigenvalue weighted by Gasteiger charge is -2.15. The van der Waals surface area contributed by atoms with E-state index in [2.05, 4.69) is 10.6 Å². The van der Waals surface area contributed by atoms with Gasteiger partial charge in [0.2, 0.25) is 0 Å². The minimum absolute atomic E-state index is 0.198. The number of benzene rings is 2. The van der Waals surface area contributed by atoms with Crippen LogP contribution in [0.15, 0.2) is 48.5 Å². The number of rotatable bonds is 5. The van der Waals surface area contributed by atoms with Crippen molar-refractivity contribution in [3.8, 4) is 5.75 Å². The van der Waals surface area contributed by atoms with Gasteiger partial charge in [-0.25, -0.2) is 4.39 Å². The lowest BCUT2D eigenvalue weighted by Crippen LogP contribution is -2.30. The molecule has 2 N–H and O–H groups in total. The first kappa shape index (κ1) is 16.5. The molecule has 0 saturated heterocycles. The summed E-state index contributed by atoms with van der Waals surface area (Å²) < 4.78 is 18.3. The van der Waals surface area contributed by atoms with Crippen molar-refractivity contribution in [1.29, 1.82) is 0 Å². The Morgan fingerprint density at radius 1 is 1.04 bits per heavy atom. The normalized spacial score (nSPS) is 11.4. The van der Waals surface area contributed by atoms with Crippen LogP contribution in [0.2, 0.25) is 0 Å². The summed E-state index contributed by atoms with van der Waals surface area (Å²) in [5.74, 6) is -0.507. The van der Waals surface area contributed by atoms with Gasteiger partial charge in [0.15, 0.2) is 6.10 Å². The molecule has 5 nitrogen and oxygen atoms in total. The van der Waals surface area contributed by atoms with Crippen molar-refractivity contribution in [2.24, 2.45) is 0 Å². The first-order chi connectivity index (χ1) is 11.0. The number of hydrogen-bond acceptors (Lipinski definition) is 3. The molecule has 6 heteroatoms. The fourth-order valence-corrected chi connectivity index (χ4v) is 1.86. The Morgan fingerprint density at radius 3 is 2.22 bits per heavy atom. The van der Waals surface area contributed by atoms with Crippen LogP contribution in [0.5, 0.6) is 5.75 Å². The lowest BCUT2D eigenvalue weighted by molar-refractivity contribution is -0.122. The predicted molar refractivity (Wildman–Crippen MR) is 85.0 cm³/mol. The predicted octanol–water partition coefficient (Wildman–Crippen LogP) is 2.59. The molecular weight excluding hydrogens is 299 g/mol. The Hall–Kier alpha value is -2.89. The highest BCUT2D eigenvalue weighted by atomic mass is 19.1. The number of amides is 2. The Balaban J connectivity index is 1.95. The number of carbonyl (C=O) groups is 2. The number of nitrogens with one attached hydrogen (secondary N) is 2. The standard InChI is InChI=1S/C17H17FN2O3/c1-11(23-15-9-5-13(18)6-10-15)16(21)20-14-7-3-12(4-8-14)17(22)19-2/h3-11H,1-2H3,(H,19,22)(H,20,21)/t11-/m0/s1. The average molecular weight is 316 g/mol. The van der Waals surface area contributed by atoms with Crippen molar-refractivity contribution in [1.82, 2.24) is 5.32 Å². The second-order valence-corrected chi connectivity index (χ2v) is 4.86. The molecule has 2 amide bonds. The smallest absolute Gasteiger partial charge is 0.265 e. The van der Waals surface area contributed by atoms with E-state index in [0.717, 1.165) is 0 Å². The Morgan fingerprint density at radius 2 is 1.65 bits per heavy atom. The van der Waals surface area contributed by atoms with Crippen LogP contribution in [0.3, 0.4) is 0 Å². The third-order valence-electron chi connectivity index (χ3n) is 3.14. The molecular formula is C17H17FN2O3. The van der Waals surface area contributed by atoms with E-state index in [9.17, 15) is 14.0 Å². The summed E-state index contributed by atoms with van der Waals surface area (Å²) in [4.78, 5) is 23.5. The van der Waals surface area contributed by atoms with Crippen LogP contribution in [-0.4, -0.2) is 25.0 Å². The van der Waals surface area contributed by atoms with E-state index in [1.807, 2.05) is 0 Å². The van der Waals surface area contributed by atoms with Gasteiger partial charge in [-0.05, 0) is 55.5 Å². The molecule has 0 radical (unpaired) electrons. The second-order valence-electron chi connectivity index (χ2n) is 4.86. The maximum atomic E-state index is 12.8. The molecule has 0 spiro atoms. The van der Waals surface area contributed by atoms with Crippen molar-refractivity contribution in [2.75, 3.05) is 12.4 Å². The molecule has 2 aromatic rings. The summed E-state index contributed by atoms with van der Waals surface area (Å²) in [6.07, 6.45) is -0.751. The van der Waals surface area contributed by atoms with Gasteiger partial charge in [0.25, 0.3) is 11.8 Å². The summed E-state index contributed by atoms with van der Waals surface area (Å²) in [7, 11) is 1.55. The molecule has 0 bridgehead atoms. The van der Waals surface area contributed by atoms with Gasteiger partial charge in [-0.15, -0.1) is 0 Å².